The topological polar surface area (TPSA) is 61.8 Å². The fraction of sp³-hybridized carbons (Fsp3) is 0.333. The third-order valence-electron chi connectivity index (χ3n) is 5.27. The van der Waals surface area contributed by atoms with E-state index in [4.69, 9.17) is 0 Å². The lowest BCUT2D eigenvalue weighted by atomic mass is 10.1. The van der Waals surface area contributed by atoms with Crippen LogP contribution in [0.15, 0.2) is 29.3 Å². The molecule has 26 heavy (non-hydrogen) atoms. The number of amidine groups is 1. The van der Waals surface area contributed by atoms with Crippen LogP contribution in [0.3, 0.4) is 0 Å². The highest BCUT2D eigenvalue weighted by atomic mass is 19.1. The highest BCUT2D eigenvalue weighted by molar-refractivity contribution is 6.20. The maximum absolute atomic E-state index is 14.0. The van der Waals surface area contributed by atoms with Gasteiger partial charge in [0.15, 0.2) is 0 Å². The van der Waals surface area contributed by atoms with E-state index in [1.54, 1.807) is 25.2 Å². The molecule has 2 aliphatic rings. The monoisotopic (exact) mass is 356 g/mol. The van der Waals surface area contributed by atoms with Crippen LogP contribution in [-0.4, -0.2) is 39.2 Å². The molecule has 4 rings (SSSR count). The van der Waals surface area contributed by atoms with E-state index in [0.717, 1.165) is 16.3 Å². The van der Waals surface area contributed by atoms with Gasteiger partial charge in [-0.1, -0.05) is 23.2 Å². The molecule has 0 bridgehead atoms. The van der Waals surface area contributed by atoms with E-state index in [1.807, 2.05) is 30.0 Å². The number of halogens is 1. The number of rotatable bonds is 2. The van der Waals surface area contributed by atoms with Crippen molar-refractivity contribution in [3.63, 3.8) is 0 Å². The summed E-state index contributed by atoms with van der Waals surface area (Å²) in [5.74, 6) is 0.188. The summed E-state index contributed by atoms with van der Waals surface area (Å²) < 4.78 is 17.8. The number of imide groups is 1. The molecule has 0 N–H and O–H groups in total. The smallest absolute Gasteiger partial charge is 0.270 e. The number of aromatic nitrogens is 2. The minimum atomic E-state index is -0.709. The van der Waals surface area contributed by atoms with Gasteiger partial charge in [-0.15, -0.1) is 0 Å². The van der Waals surface area contributed by atoms with E-state index < -0.39 is 23.8 Å². The number of imidazole rings is 1. The van der Waals surface area contributed by atoms with Gasteiger partial charge in [-0.05, 0) is 19.9 Å². The quantitative estimate of drug-likeness (QED) is 0.770. The van der Waals surface area contributed by atoms with Crippen molar-refractivity contribution in [2.45, 2.75) is 26.4 Å². The van der Waals surface area contributed by atoms with E-state index in [9.17, 15) is 14.0 Å². The number of urea groups is 1. The van der Waals surface area contributed by atoms with Crippen LogP contribution >= 0.6 is 0 Å². The zero-order valence-corrected chi connectivity index (χ0v) is 15.0. The van der Waals surface area contributed by atoms with Crippen molar-refractivity contribution in [1.29, 1.82) is 0 Å². The van der Waals surface area contributed by atoms with Crippen LogP contribution in [0.4, 0.5) is 15.1 Å². The molecular weight excluding hydrogens is 337 g/mol. The average molecular weight is 356 g/mol. The molecule has 1 aromatic heterocycles. The van der Waals surface area contributed by atoms with Crippen molar-refractivity contribution in [2.24, 2.45) is 12.0 Å². The van der Waals surface area contributed by atoms with E-state index >= 15 is 0 Å². The Labute approximate surface area is 150 Å². The number of nitrogens with zero attached hydrogens (tertiary/aromatic N) is 5. The third-order valence-corrected chi connectivity index (χ3v) is 5.27. The zero-order valence-electron chi connectivity index (χ0n) is 15.0. The number of fused-ring (bicyclic) bond motifs is 3. The summed E-state index contributed by atoms with van der Waals surface area (Å²) >= 11 is 0. The largest absolute Gasteiger partial charge is 0.401 e. The molecule has 1 unspecified atom stereocenters. The van der Waals surface area contributed by atoms with Gasteiger partial charge in [-0.2, -0.15) is 0 Å². The first-order valence-corrected chi connectivity index (χ1v) is 8.31. The molecule has 3 amide bonds. The number of hydrogen-bond acceptors (Lipinski definition) is 3. The Hall–Kier alpha value is -3.03. The summed E-state index contributed by atoms with van der Waals surface area (Å²) in [4.78, 5) is 32.9. The summed E-state index contributed by atoms with van der Waals surface area (Å²) in [6.45, 7) is 3.76. The molecule has 0 radical (unpaired) electrons. The second-order valence-electron chi connectivity index (χ2n) is 6.63. The SMILES string of the molecule is Cc1c(C)[n+](C)c2n1C1C(=O)N(Cc3ccccc3F)C(=O)N(C)C1=N2. The maximum atomic E-state index is 14.0. The first-order valence-electron chi connectivity index (χ1n) is 8.31. The first kappa shape index (κ1) is 16.4. The molecule has 134 valence electrons. The highest BCUT2D eigenvalue weighted by Crippen LogP contribution is 2.35. The van der Waals surface area contributed by atoms with Crippen LogP contribution in [0.5, 0.6) is 0 Å². The third kappa shape index (κ3) is 2.04. The Bertz CT molecular complexity index is 994. The minimum Gasteiger partial charge on any atom is -0.270 e. The van der Waals surface area contributed by atoms with Gasteiger partial charge in [-0.25, -0.2) is 18.3 Å². The van der Waals surface area contributed by atoms with Crippen molar-refractivity contribution in [3.8, 4) is 0 Å². The molecule has 0 aliphatic carbocycles. The van der Waals surface area contributed by atoms with Gasteiger partial charge in [0.25, 0.3) is 5.91 Å². The van der Waals surface area contributed by atoms with Crippen LogP contribution in [0.1, 0.15) is 23.0 Å². The van der Waals surface area contributed by atoms with Gasteiger partial charge in [-0.3, -0.25) is 14.6 Å². The standard InChI is InChI=1S/C18H19FN5O2/c1-10-11(2)24-14-15(20-17(24)21(10)3)22(4)18(26)23(16(14)25)9-12-7-5-6-8-13(12)19/h5-8,14H,9H2,1-4H3/q+1. The van der Waals surface area contributed by atoms with Crippen LogP contribution in [0, 0.1) is 19.7 Å². The lowest BCUT2D eigenvalue weighted by Gasteiger charge is -2.33. The van der Waals surface area contributed by atoms with Crippen molar-refractivity contribution in [2.75, 3.05) is 7.05 Å². The molecule has 0 spiro atoms. The van der Waals surface area contributed by atoms with E-state index in [-0.39, 0.29) is 6.54 Å². The Morgan fingerprint density at radius 2 is 1.92 bits per heavy atom. The summed E-state index contributed by atoms with van der Waals surface area (Å²) in [6.07, 6.45) is 0. The fourth-order valence-corrected chi connectivity index (χ4v) is 3.54. The molecule has 2 aliphatic heterocycles. The van der Waals surface area contributed by atoms with Crippen molar-refractivity contribution >= 4 is 23.7 Å². The van der Waals surface area contributed by atoms with Gasteiger partial charge in [0.1, 0.15) is 17.2 Å². The number of carbonyl (C=O) groups excluding carboxylic acids is 2. The molecule has 0 saturated carbocycles. The maximum Gasteiger partial charge on any atom is 0.401 e. The molecule has 1 atom stereocenters. The molecule has 8 heteroatoms. The second-order valence-corrected chi connectivity index (χ2v) is 6.63. The first-order chi connectivity index (χ1) is 12.3. The molecule has 3 heterocycles. The molecule has 1 saturated heterocycles. The number of carbonyl (C=O) groups is 2. The number of likely N-dealkylation sites (N-methyl/N-ethyl adjacent to an activating group) is 1. The number of aliphatic imine (C=N–C) groups is 1. The lowest BCUT2D eigenvalue weighted by Crippen LogP contribution is -2.57. The normalized spacial score (nSPS) is 19.0. The Balaban J connectivity index is 1.78. The molecule has 7 nitrogen and oxygen atoms in total. The van der Waals surface area contributed by atoms with E-state index in [0.29, 0.717) is 17.3 Å². The van der Waals surface area contributed by atoms with E-state index in [1.165, 1.54) is 11.0 Å². The second kappa shape index (κ2) is 5.48. The minimum absolute atomic E-state index is 0.112. The predicted molar refractivity (Wildman–Crippen MR) is 91.3 cm³/mol. The summed E-state index contributed by atoms with van der Waals surface area (Å²) in [6, 6.07) is 4.93. The lowest BCUT2D eigenvalue weighted by molar-refractivity contribution is -0.663. The number of benzene rings is 1. The van der Waals surface area contributed by atoms with Crippen molar-refractivity contribution in [3.05, 3.63) is 47.0 Å². The average Bonchev–Trinajstić information content (AvgIpc) is 3.11. The number of hydrogen-bond donors (Lipinski definition) is 0. The summed E-state index contributed by atoms with van der Waals surface area (Å²) in [5.41, 5.74) is 2.20. The van der Waals surface area contributed by atoms with Gasteiger partial charge in [0.05, 0.1) is 13.6 Å². The Morgan fingerprint density at radius 1 is 1.23 bits per heavy atom. The summed E-state index contributed by atoms with van der Waals surface area (Å²) in [5, 5.41) is 0. The number of amides is 3. The van der Waals surface area contributed by atoms with Crippen LogP contribution in [0.2, 0.25) is 0 Å². The van der Waals surface area contributed by atoms with Crippen molar-refractivity contribution < 1.29 is 18.5 Å². The van der Waals surface area contributed by atoms with Crippen molar-refractivity contribution in [1.82, 2.24) is 14.4 Å². The van der Waals surface area contributed by atoms with Gasteiger partial charge >= 0.3 is 12.0 Å². The van der Waals surface area contributed by atoms with Gasteiger partial charge in [0, 0.05) is 12.6 Å². The van der Waals surface area contributed by atoms with E-state index in [2.05, 4.69) is 4.99 Å². The highest BCUT2D eigenvalue weighted by Gasteiger charge is 2.53. The van der Waals surface area contributed by atoms with Gasteiger partial charge in [0.2, 0.25) is 11.9 Å². The predicted octanol–water partition coefficient (Wildman–Crippen LogP) is 1.75. The van der Waals surface area contributed by atoms with Gasteiger partial charge < -0.3 is 0 Å². The Morgan fingerprint density at radius 3 is 2.62 bits per heavy atom. The molecule has 2 aromatic rings. The molecular formula is C18H19FN5O2+. The molecule has 1 fully saturated rings. The fourth-order valence-electron chi connectivity index (χ4n) is 3.54. The molecule has 1 aromatic carbocycles. The van der Waals surface area contributed by atoms with Crippen LogP contribution < -0.4 is 4.57 Å². The summed E-state index contributed by atoms with van der Waals surface area (Å²) in [7, 11) is 3.46. The Kier molecular flexibility index (Phi) is 3.47. The van der Waals surface area contributed by atoms with Crippen LogP contribution in [0.25, 0.3) is 0 Å². The zero-order chi connectivity index (χ0) is 18.7. The van der Waals surface area contributed by atoms with Crippen LogP contribution in [-0.2, 0) is 18.4 Å².